The molecule has 0 saturated heterocycles. The van der Waals surface area contributed by atoms with Crippen molar-refractivity contribution in [3.05, 3.63) is 57.1 Å². The molecule has 0 spiro atoms. The Balaban J connectivity index is 2.19. The Labute approximate surface area is 107 Å². The first-order chi connectivity index (χ1) is 7.81. The fourth-order valence-corrected chi connectivity index (χ4v) is 2.81. The molecule has 1 unspecified atom stereocenters. The SMILES string of the molecule is O=c1sccn1CC(CBr)c1ccccc1. The summed E-state index contributed by atoms with van der Waals surface area (Å²) in [5, 5.41) is 2.69. The van der Waals surface area contributed by atoms with Crippen LogP contribution < -0.4 is 4.87 Å². The van der Waals surface area contributed by atoms with Gasteiger partial charge in [0.2, 0.25) is 0 Å². The average Bonchev–Trinajstić information content (AvgIpc) is 2.73. The standard InChI is InChI=1S/C12H12BrNOS/c13-8-11(10-4-2-1-3-5-10)9-14-6-7-16-12(14)15/h1-7,11H,8-9H2. The largest absolute Gasteiger partial charge is 0.307 e. The normalized spacial score (nSPS) is 12.6. The lowest BCUT2D eigenvalue weighted by molar-refractivity contribution is 0.599. The second-order valence-corrected chi connectivity index (χ2v) is 5.09. The molecule has 0 amide bonds. The lowest BCUT2D eigenvalue weighted by Gasteiger charge is -2.14. The van der Waals surface area contributed by atoms with Crippen molar-refractivity contribution in [1.82, 2.24) is 4.57 Å². The maximum atomic E-state index is 11.5. The Bertz CT molecular complexity index is 491. The van der Waals surface area contributed by atoms with Crippen LogP contribution in [0, 0.1) is 0 Å². The quantitative estimate of drug-likeness (QED) is 0.795. The Hall–Kier alpha value is -0.870. The summed E-state index contributed by atoms with van der Waals surface area (Å²) in [4.78, 5) is 11.6. The van der Waals surface area contributed by atoms with E-state index in [9.17, 15) is 4.79 Å². The van der Waals surface area contributed by atoms with Gasteiger partial charge in [-0.05, 0) is 5.56 Å². The molecule has 0 saturated carbocycles. The fraction of sp³-hybridized carbons (Fsp3) is 0.250. The zero-order chi connectivity index (χ0) is 11.4. The van der Waals surface area contributed by atoms with Crippen LogP contribution >= 0.6 is 27.3 Å². The number of rotatable bonds is 4. The molecule has 0 aliphatic heterocycles. The summed E-state index contributed by atoms with van der Waals surface area (Å²) in [6.45, 7) is 0.734. The molecule has 0 radical (unpaired) electrons. The lowest BCUT2D eigenvalue weighted by Crippen LogP contribution is -2.18. The molecular formula is C12H12BrNOS. The molecule has 1 atom stereocenters. The van der Waals surface area contributed by atoms with Crippen molar-refractivity contribution in [2.75, 3.05) is 5.33 Å². The van der Waals surface area contributed by atoms with Crippen LogP contribution in [0.3, 0.4) is 0 Å². The van der Waals surface area contributed by atoms with Crippen LogP contribution in [-0.4, -0.2) is 9.90 Å². The van der Waals surface area contributed by atoms with Crippen molar-refractivity contribution in [2.24, 2.45) is 0 Å². The van der Waals surface area contributed by atoms with Crippen LogP contribution in [-0.2, 0) is 6.54 Å². The van der Waals surface area contributed by atoms with Gasteiger partial charge in [0.25, 0.3) is 0 Å². The molecule has 1 aromatic heterocycles. The molecule has 1 aromatic carbocycles. The second-order valence-electron chi connectivity index (χ2n) is 3.58. The van der Waals surface area contributed by atoms with E-state index in [1.165, 1.54) is 16.9 Å². The minimum atomic E-state index is 0.113. The number of nitrogens with zero attached hydrogens (tertiary/aromatic N) is 1. The lowest BCUT2D eigenvalue weighted by atomic mass is 10.0. The smallest absolute Gasteiger partial charge is 0.305 e. The summed E-state index contributed by atoms with van der Waals surface area (Å²) in [5.41, 5.74) is 1.26. The molecule has 16 heavy (non-hydrogen) atoms. The first kappa shape index (κ1) is 11.6. The topological polar surface area (TPSA) is 22.0 Å². The summed E-state index contributed by atoms with van der Waals surface area (Å²) in [6, 6.07) is 10.3. The molecule has 2 nitrogen and oxygen atoms in total. The van der Waals surface area contributed by atoms with Gasteiger partial charge in [0.1, 0.15) is 0 Å². The number of thiazole rings is 1. The van der Waals surface area contributed by atoms with Crippen molar-refractivity contribution >= 4 is 27.3 Å². The van der Waals surface area contributed by atoms with Gasteiger partial charge in [-0.2, -0.15) is 0 Å². The average molecular weight is 298 g/mol. The highest BCUT2D eigenvalue weighted by Crippen LogP contribution is 2.19. The number of alkyl halides is 1. The molecule has 0 N–H and O–H groups in total. The molecular weight excluding hydrogens is 286 g/mol. The maximum absolute atomic E-state index is 11.5. The third kappa shape index (κ3) is 2.62. The first-order valence-corrected chi connectivity index (χ1v) is 7.06. The molecule has 84 valence electrons. The predicted molar refractivity (Wildman–Crippen MR) is 71.6 cm³/mol. The van der Waals surface area contributed by atoms with Crippen LogP contribution in [0.15, 0.2) is 46.7 Å². The summed E-state index contributed by atoms with van der Waals surface area (Å²) in [5.74, 6) is 0.341. The number of halogens is 1. The van der Waals surface area contributed by atoms with Crippen molar-refractivity contribution in [2.45, 2.75) is 12.5 Å². The second kappa shape index (κ2) is 5.46. The van der Waals surface area contributed by atoms with Crippen molar-refractivity contribution in [1.29, 1.82) is 0 Å². The maximum Gasteiger partial charge on any atom is 0.307 e. The van der Waals surface area contributed by atoms with Gasteiger partial charge in [0.15, 0.2) is 0 Å². The van der Waals surface area contributed by atoms with E-state index in [1.54, 1.807) is 4.57 Å². The van der Waals surface area contributed by atoms with Crippen LogP contribution in [0.4, 0.5) is 0 Å². The van der Waals surface area contributed by atoms with Crippen molar-refractivity contribution in [3.63, 3.8) is 0 Å². The number of hydrogen-bond acceptors (Lipinski definition) is 2. The van der Waals surface area contributed by atoms with Gasteiger partial charge in [-0.15, -0.1) is 0 Å². The molecule has 0 bridgehead atoms. The van der Waals surface area contributed by atoms with Crippen LogP contribution in [0.2, 0.25) is 0 Å². The van der Waals surface area contributed by atoms with E-state index in [4.69, 9.17) is 0 Å². The zero-order valence-corrected chi connectivity index (χ0v) is 11.1. The van der Waals surface area contributed by atoms with E-state index in [0.29, 0.717) is 5.92 Å². The molecule has 0 fully saturated rings. The highest BCUT2D eigenvalue weighted by molar-refractivity contribution is 9.09. The molecule has 1 heterocycles. The Morgan fingerprint density at radius 2 is 2.06 bits per heavy atom. The Kier molecular flexibility index (Phi) is 3.96. The van der Waals surface area contributed by atoms with Gasteiger partial charge >= 0.3 is 4.87 Å². The molecule has 2 aromatic rings. The molecule has 0 aliphatic rings. The number of aromatic nitrogens is 1. The van der Waals surface area contributed by atoms with Gasteiger partial charge < -0.3 is 4.57 Å². The van der Waals surface area contributed by atoms with Gasteiger partial charge in [-0.1, -0.05) is 57.6 Å². The van der Waals surface area contributed by atoms with Crippen molar-refractivity contribution in [3.8, 4) is 0 Å². The molecule has 2 rings (SSSR count). The van der Waals surface area contributed by atoms with E-state index in [0.717, 1.165) is 11.9 Å². The van der Waals surface area contributed by atoms with Crippen LogP contribution in [0.1, 0.15) is 11.5 Å². The number of benzene rings is 1. The fourth-order valence-electron chi connectivity index (χ4n) is 1.63. The summed E-state index contributed by atoms with van der Waals surface area (Å²) >= 11 is 4.76. The van der Waals surface area contributed by atoms with E-state index in [2.05, 4.69) is 28.1 Å². The minimum absolute atomic E-state index is 0.113. The van der Waals surface area contributed by atoms with E-state index in [-0.39, 0.29) is 4.87 Å². The van der Waals surface area contributed by atoms with Gasteiger partial charge in [0.05, 0.1) is 0 Å². The van der Waals surface area contributed by atoms with Crippen molar-refractivity contribution < 1.29 is 0 Å². The van der Waals surface area contributed by atoms with Gasteiger partial charge in [-0.3, -0.25) is 4.79 Å². The summed E-state index contributed by atoms with van der Waals surface area (Å²) in [6.07, 6.45) is 1.85. The monoisotopic (exact) mass is 297 g/mol. The Morgan fingerprint density at radius 1 is 1.31 bits per heavy atom. The zero-order valence-electron chi connectivity index (χ0n) is 8.67. The summed E-state index contributed by atoms with van der Waals surface area (Å²) < 4.78 is 1.77. The highest BCUT2D eigenvalue weighted by atomic mass is 79.9. The van der Waals surface area contributed by atoms with Gasteiger partial charge in [0, 0.05) is 29.4 Å². The number of hydrogen-bond donors (Lipinski definition) is 0. The van der Waals surface area contributed by atoms with Gasteiger partial charge in [-0.25, -0.2) is 0 Å². The Morgan fingerprint density at radius 3 is 2.62 bits per heavy atom. The van der Waals surface area contributed by atoms with Crippen LogP contribution in [0.5, 0.6) is 0 Å². The third-order valence-corrected chi connectivity index (χ3v) is 3.99. The highest BCUT2D eigenvalue weighted by Gasteiger charge is 2.11. The molecule has 4 heteroatoms. The predicted octanol–water partition coefficient (Wildman–Crippen LogP) is 3.09. The van der Waals surface area contributed by atoms with E-state index in [1.807, 2.05) is 29.8 Å². The third-order valence-electron chi connectivity index (χ3n) is 2.52. The van der Waals surface area contributed by atoms with E-state index >= 15 is 0 Å². The minimum Gasteiger partial charge on any atom is -0.305 e. The first-order valence-electron chi connectivity index (χ1n) is 5.06. The molecule has 0 aliphatic carbocycles. The van der Waals surface area contributed by atoms with Crippen LogP contribution in [0.25, 0.3) is 0 Å². The van der Waals surface area contributed by atoms with E-state index < -0.39 is 0 Å². The summed E-state index contributed by atoms with van der Waals surface area (Å²) in [7, 11) is 0.